The van der Waals surface area contributed by atoms with Gasteiger partial charge in [0.2, 0.25) is 5.91 Å². The van der Waals surface area contributed by atoms with Gasteiger partial charge in [-0.15, -0.1) is 0 Å². The number of amides is 1. The molecule has 1 saturated carbocycles. The number of thiocarbonyl (C=S) groups is 1. The molecule has 0 unspecified atom stereocenters. The fourth-order valence-corrected chi connectivity index (χ4v) is 1.38. The van der Waals surface area contributed by atoms with Gasteiger partial charge in [-0.3, -0.25) is 4.79 Å². The molecule has 1 amide bonds. The zero-order chi connectivity index (χ0) is 9.68. The lowest BCUT2D eigenvalue weighted by atomic mass is 10.2. The molecule has 74 valence electrons. The highest BCUT2D eigenvalue weighted by Gasteiger charge is 2.19. The van der Waals surface area contributed by atoms with Gasteiger partial charge in [0, 0.05) is 6.54 Å². The summed E-state index contributed by atoms with van der Waals surface area (Å²) >= 11 is 4.62. The summed E-state index contributed by atoms with van der Waals surface area (Å²) in [5.74, 6) is 0.885. The number of hydrogen-bond acceptors (Lipinski definition) is 2. The highest BCUT2D eigenvalue weighted by molar-refractivity contribution is 7.80. The molecule has 0 heterocycles. The molecule has 1 fully saturated rings. The van der Waals surface area contributed by atoms with Crippen LogP contribution in [0.15, 0.2) is 0 Å². The van der Waals surface area contributed by atoms with Crippen molar-refractivity contribution in [3.63, 3.8) is 0 Å². The van der Waals surface area contributed by atoms with Crippen molar-refractivity contribution in [2.45, 2.75) is 32.1 Å². The van der Waals surface area contributed by atoms with Gasteiger partial charge in [-0.05, 0) is 18.8 Å². The van der Waals surface area contributed by atoms with Gasteiger partial charge in [0.25, 0.3) is 0 Å². The number of rotatable bonds is 6. The van der Waals surface area contributed by atoms with E-state index < -0.39 is 0 Å². The van der Waals surface area contributed by atoms with Crippen LogP contribution in [-0.4, -0.2) is 17.4 Å². The Balaban J connectivity index is 1.91. The molecule has 3 N–H and O–H groups in total. The predicted octanol–water partition coefficient (Wildman–Crippen LogP) is 0.969. The number of nitrogens with two attached hydrogens (primary N) is 1. The van der Waals surface area contributed by atoms with Crippen molar-refractivity contribution in [3.05, 3.63) is 0 Å². The second-order valence-electron chi connectivity index (χ2n) is 3.58. The minimum atomic E-state index is -0.0525. The third-order valence-corrected chi connectivity index (χ3v) is 2.29. The van der Waals surface area contributed by atoms with Crippen molar-refractivity contribution >= 4 is 23.1 Å². The Hall–Kier alpha value is -0.640. The van der Waals surface area contributed by atoms with Crippen LogP contribution < -0.4 is 11.1 Å². The second-order valence-corrected chi connectivity index (χ2v) is 4.10. The molecule has 0 radical (unpaired) electrons. The molecule has 1 aliphatic rings. The molecule has 4 heteroatoms. The minimum Gasteiger partial charge on any atom is -0.393 e. The van der Waals surface area contributed by atoms with E-state index in [0.29, 0.717) is 0 Å². The van der Waals surface area contributed by atoms with E-state index in [4.69, 9.17) is 5.73 Å². The number of carbonyl (C=O) groups excluding carboxylic acids is 1. The Morgan fingerprint density at radius 1 is 1.54 bits per heavy atom. The maximum absolute atomic E-state index is 11.0. The summed E-state index contributed by atoms with van der Waals surface area (Å²) in [6.07, 6.45) is 5.25. The zero-order valence-electron chi connectivity index (χ0n) is 7.71. The lowest BCUT2D eigenvalue weighted by Gasteiger charge is -2.03. The first-order valence-corrected chi connectivity index (χ1v) is 5.14. The van der Waals surface area contributed by atoms with Gasteiger partial charge in [0.05, 0.1) is 11.4 Å². The van der Waals surface area contributed by atoms with E-state index in [1.54, 1.807) is 0 Å². The summed E-state index contributed by atoms with van der Waals surface area (Å²) in [5.41, 5.74) is 5.23. The van der Waals surface area contributed by atoms with E-state index in [1.165, 1.54) is 19.3 Å². The molecule has 0 bridgehead atoms. The van der Waals surface area contributed by atoms with Crippen molar-refractivity contribution in [1.82, 2.24) is 5.32 Å². The van der Waals surface area contributed by atoms with Crippen molar-refractivity contribution < 1.29 is 4.79 Å². The molecule has 0 aliphatic heterocycles. The summed E-state index contributed by atoms with van der Waals surface area (Å²) in [5, 5.41) is 2.79. The standard InChI is InChI=1S/C9H16N2OS/c10-8(13)6-9(12)11-5-1-2-7-3-4-7/h7H,1-6H2,(H2,10,13)(H,11,12). The van der Waals surface area contributed by atoms with Crippen LogP contribution in [0.1, 0.15) is 32.1 Å². The number of hydrogen-bond donors (Lipinski definition) is 2. The molecule has 1 rings (SSSR count). The molecular formula is C9H16N2OS. The Morgan fingerprint density at radius 3 is 2.77 bits per heavy atom. The maximum atomic E-state index is 11.0. The summed E-state index contributed by atoms with van der Waals surface area (Å²) in [4.78, 5) is 11.3. The highest BCUT2D eigenvalue weighted by atomic mass is 32.1. The molecule has 0 atom stereocenters. The van der Waals surface area contributed by atoms with Gasteiger partial charge in [0.1, 0.15) is 0 Å². The van der Waals surface area contributed by atoms with Gasteiger partial charge in [-0.2, -0.15) is 0 Å². The first-order valence-electron chi connectivity index (χ1n) is 4.73. The Labute approximate surface area is 84.1 Å². The predicted molar refractivity (Wildman–Crippen MR) is 56.4 cm³/mol. The van der Waals surface area contributed by atoms with Gasteiger partial charge in [0.15, 0.2) is 0 Å². The third-order valence-electron chi connectivity index (χ3n) is 2.14. The SMILES string of the molecule is NC(=S)CC(=O)NCCCC1CC1. The molecule has 3 nitrogen and oxygen atoms in total. The molecule has 0 saturated heterocycles. The Morgan fingerprint density at radius 2 is 2.23 bits per heavy atom. The normalized spacial score (nSPS) is 15.4. The first kappa shape index (κ1) is 10.4. The quantitative estimate of drug-likeness (QED) is 0.496. The smallest absolute Gasteiger partial charge is 0.226 e. The molecule has 1 aliphatic carbocycles. The number of carbonyl (C=O) groups is 1. The van der Waals surface area contributed by atoms with Crippen molar-refractivity contribution in [3.8, 4) is 0 Å². The zero-order valence-corrected chi connectivity index (χ0v) is 8.53. The van der Waals surface area contributed by atoms with Gasteiger partial charge in [-0.25, -0.2) is 0 Å². The average Bonchev–Trinajstić information content (AvgIpc) is 2.80. The van der Waals surface area contributed by atoms with Crippen molar-refractivity contribution in [2.24, 2.45) is 11.7 Å². The fourth-order valence-electron chi connectivity index (χ4n) is 1.25. The van der Waals surface area contributed by atoms with Crippen LogP contribution in [0.5, 0.6) is 0 Å². The highest BCUT2D eigenvalue weighted by Crippen LogP contribution is 2.33. The summed E-state index contributed by atoms with van der Waals surface area (Å²) in [7, 11) is 0. The topological polar surface area (TPSA) is 55.1 Å². The van der Waals surface area contributed by atoms with Crippen LogP contribution in [0.4, 0.5) is 0 Å². The van der Waals surface area contributed by atoms with E-state index in [9.17, 15) is 4.79 Å². The van der Waals surface area contributed by atoms with Crippen molar-refractivity contribution in [2.75, 3.05) is 6.54 Å². The fraction of sp³-hybridized carbons (Fsp3) is 0.778. The van der Waals surface area contributed by atoms with Gasteiger partial charge >= 0.3 is 0 Å². The van der Waals surface area contributed by atoms with Gasteiger partial charge in [-0.1, -0.05) is 25.1 Å². The number of nitrogens with one attached hydrogen (secondary N) is 1. The largest absolute Gasteiger partial charge is 0.393 e. The van der Waals surface area contributed by atoms with Crippen LogP contribution in [0.2, 0.25) is 0 Å². The van der Waals surface area contributed by atoms with Crippen LogP contribution in [-0.2, 0) is 4.79 Å². The van der Waals surface area contributed by atoms with E-state index >= 15 is 0 Å². The van der Waals surface area contributed by atoms with Gasteiger partial charge < -0.3 is 11.1 Å². The van der Waals surface area contributed by atoms with E-state index in [1.807, 2.05) is 0 Å². The van der Waals surface area contributed by atoms with Crippen LogP contribution >= 0.6 is 12.2 Å². The van der Waals surface area contributed by atoms with Crippen LogP contribution in [0.25, 0.3) is 0 Å². The maximum Gasteiger partial charge on any atom is 0.226 e. The molecule has 0 spiro atoms. The lowest BCUT2D eigenvalue weighted by molar-refractivity contribution is -0.119. The Bertz CT molecular complexity index is 202. The Kier molecular flexibility index (Phi) is 4.15. The molecule has 0 aromatic heterocycles. The van der Waals surface area contributed by atoms with Crippen LogP contribution in [0.3, 0.4) is 0 Å². The summed E-state index contributed by atoms with van der Waals surface area (Å²) in [6, 6.07) is 0. The van der Waals surface area contributed by atoms with E-state index in [-0.39, 0.29) is 17.3 Å². The minimum absolute atomic E-state index is 0.0525. The second kappa shape index (κ2) is 5.17. The molecule has 13 heavy (non-hydrogen) atoms. The molecule has 0 aromatic rings. The summed E-state index contributed by atoms with van der Waals surface area (Å²) < 4.78 is 0. The summed E-state index contributed by atoms with van der Waals surface area (Å²) in [6.45, 7) is 0.762. The lowest BCUT2D eigenvalue weighted by Crippen LogP contribution is -2.28. The third kappa shape index (κ3) is 5.58. The average molecular weight is 200 g/mol. The monoisotopic (exact) mass is 200 g/mol. The molecular weight excluding hydrogens is 184 g/mol. The molecule has 0 aromatic carbocycles. The first-order chi connectivity index (χ1) is 6.18. The van der Waals surface area contributed by atoms with E-state index in [2.05, 4.69) is 17.5 Å². The van der Waals surface area contributed by atoms with Crippen LogP contribution in [0, 0.1) is 5.92 Å². The van der Waals surface area contributed by atoms with E-state index in [0.717, 1.165) is 18.9 Å². The van der Waals surface area contributed by atoms with Crippen molar-refractivity contribution in [1.29, 1.82) is 0 Å².